The van der Waals surface area contributed by atoms with E-state index in [1.807, 2.05) is 6.92 Å². The van der Waals surface area contributed by atoms with Crippen LogP contribution in [0.3, 0.4) is 0 Å². The van der Waals surface area contributed by atoms with Crippen LogP contribution in [-0.2, 0) is 9.84 Å². The van der Waals surface area contributed by atoms with Gasteiger partial charge in [-0.05, 0) is 24.2 Å². The van der Waals surface area contributed by atoms with Crippen LogP contribution in [0.15, 0.2) is 29.2 Å². The van der Waals surface area contributed by atoms with Crippen molar-refractivity contribution in [3.63, 3.8) is 0 Å². The van der Waals surface area contributed by atoms with Crippen LogP contribution in [0.4, 0.5) is 0 Å². The summed E-state index contributed by atoms with van der Waals surface area (Å²) in [5.74, 6) is 0.100. The first-order valence-corrected chi connectivity index (χ1v) is 7.37. The summed E-state index contributed by atoms with van der Waals surface area (Å²) in [6.07, 6.45) is 0. The number of aliphatic hydroxyl groups excluding tert-OH is 1. The highest BCUT2D eigenvalue weighted by Gasteiger charge is 2.13. The molecular weight excluding hydrogens is 238 g/mol. The first-order chi connectivity index (χ1) is 8.05. The Hall–Kier alpha value is -0.910. The monoisotopic (exact) mass is 257 g/mol. The quantitative estimate of drug-likeness (QED) is 0.801. The molecule has 1 rings (SSSR count). The van der Waals surface area contributed by atoms with Gasteiger partial charge in [-0.2, -0.15) is 0 Å². The van der Waals surface area contributed by atoms with Crippen LogP contribution in [0, 0.1) is 0 Å². The zero-order chi connectivity index (χ0) is 12.9. The number of nitrogens with one attached hydrogen (secondary N) is 1. The molecule has 0 fully saturated rings. The zero-order valence-electron chi connectivity index (χ0n) is 10.2. The fourth-order valence-corrected chi connectivity index (χ4v) is 2.49. The van der Waals surface area contributed by atoms with Gasteiger partial charge < -0.3 is 10.4 Å². The number of hydrogen-bond acceptors (Lipinski definition) is 4. The van der Waals surface area contributed by atoms with Gasteiger partial charge >= 0.3 is 0 Å². The summed E-state index contributed by atoms with van der Waals surface area (Å²) in [6, 6.07) is 6.53. The normalized spacial score (nSPS) is 13.6. The molecule has 0 heterocycles. The number of likely N-dealkylation sites (N-methyl/N-ethyl adjacent to an activating group) is 1. The van der Waals surface area contributed by atoms with Crippen molar-refractivity contribution < 1.29 is 13.5 Å². The average molecular weight is 257 g/mol. The van der Waals surface area contributed by atoms with E-state index in [-0.39, 0.29) is 18.4 Å². The average Bonchev–Trinajstić information content (AvgIpc) is 2.36. The number of rotatable bonds is 6. The predicted molar refractivity (Wildman–Crippen MR) is 67.7 cm³/mol. The maximum absolute atomic E-state index is 11.6. The van der Waals surface area contributed by atoms with E-state index in [2.05, 4.69) is 5.32 Å². The Labute approximate surface area is 103 Å². The maximum Gasteiger partial charge on any atom is 0.178 e. The van der Waals surface area contributed by atoms with Gasteiger partial charge in [0.1, 0.15) is 0 Å². The van der Waals surface area contributed by atoms with Crippen LogP contribution < -0.4 is 5.32 Å². The highest BCUT2D eigenvalue weighted by molar-refractivity contribution is 7.91. The zero-order valence-corrected chi connectivity index (χ0v) is 11.0. The van der Waals surface area contributed by atoms with Crippen LogP contribution in [0.1, 0.15) is 25.5 Å². The second-order valence-electron chi connectivity index (χ2n) is 3.77. The van der Waals surface area contributed by atoms with Gasteiger partial charge in [-0.1, -0.05) is 26.0 Å². The Morgan fingerprint density at radius 1 is 1.24 bits per heavy atom. The lowest BCUT2D eigenvalue weighted by atomic mass is 10.1. The van der Waals surface area contributed by atoms with Crippen molar-refractivity contribution in [2.24, 2.45) is 0 Å². The topological polar surface area (TPSA) is 66.4 Å². The van der Waals surface area contributed by atoms with Crippen molar-refractivity contribution in [1.29, 1.82) is 0 Å². The predicted octanol–water partition coefficient (Wildman–Crippen LogP) is 1.12. The summed E-state index contributed by atoms with van der Waals surface area (Å²) < 4.78 is 23.2. The van der Waals surface area contributed by atoms with E-state index in [0.717, 1.165) is 12.1 Å². The summed E-state index contributed by atoms with van der Waals surface area (Å²) in [5.41, 5.74) is 0.893. The molecule has 0 aliphatic carbocycles. The van der Waals surface area contributed by atoms with Crippen molar-refractivity contribution in [2.45, 2.75) is 24.8 Å². The highest BCUT2D eigenvalue weighted by atomic mass is 32.2. The summed E-state index contributed by atoms with van der Waals surface area (Å²) in [6.45, 7) is 4.32. The maximum atomic E-state index is 11.6. The van der Waals surface area contributed by atoms with Crippen LogP contribution in [0.5, 0.6) is 0 Å². The summed E-state index contributed by atoms with van der Waals surface area (Å²) in [5, 5.41) is 12.3. The molecule has 17 heavy (non-hydrogen) atoms. The van der Waals surface area contributed by atoms with Gasteiger partial charge in [0.15, 0.2) is 9.84 Å². The lowest BCUT2D eigenvalue weighted by Gasteiger charge is -2.15. The molecule has 0 spiro atoms. The van der Waals surface area contributed by atoms with Crippen molar-refractivity contribution in [1.82, 2.24) is 5.32 Å². The van der Waals surface area contributed by atoms with Gasteiger partial charge in [-0.25, -0.2) is 8.42 Å². The minimum absolute atomic E-state index is 0.00624. The van der Waals surface area contributed by atoms with Gasteiger partial charge in [0.2, 0.25) is 0 Å². The van der Waals surface area contributed by atoms with Gasteiger partial charge in [-0.15, -0.1) is 0 Å². The molecule has 2 N–H and O–H groups in total. The molecule has 4 nitrogen and oxygen atoms in total. The Morgan fingerprint density at radius 3 is 2.24 bits per heavy atom. The fraction of sp³-hybridized carbons (Fsp3) is 0.500. The first-order valence-electron chi connectivity index (χ1n) is 5.72. The van der Waals surface area contributed by atoms with E-state index < -0.39 is 9.84 Å². The molecule has 0 aliphatic heterocycles. The van der Waals surface area contributed by atoms with Gasteiger partial charge in [0.25, 0.3) is 0 Å². The molecule has 96 valence electrons. The molecule has 0 amide bonds. The van der Waals surface area contributed by atoms with E-state index >= 15 is 0 Å². The Balaban J connectivity index is 2.95. The lowest BCUT2D eigenvalue weighted by Crippen LogP contribution is -2.23. The molecule has 0 aliphatic rings. The number of benzene rings is 1. The van der Waals surface area contributed by atoms with E-state index in [1.165, 1.54) is 0 Å². The van der Waals surface area contributed by atoms with Crippen molar-refractivity contribution in [3.05, 3.63) is 29.8 Å². The number of sulfone groups is 1. The molecule has 1 unspecified atom stereocenters. The summed E-state index contributed by atoms with van der Waals surface area (Å²) in [7, 11) is -3.14. The molecule has 1 aromatic rings. The largest absolute Gasteiger partial charge is 0.394 e. The van der Waals surface area contributed by atoms with E-state index in [0.29, 0.717) is 4.90 Å². The lowest BCUT2D eigenvalue weighted by molar-refractivity contribution is 0.246. The molecule has 0 aromatic heterocycles. The third kappa shape index (κ3) is 3.52. The summed E-state index contributed by atoms with van der Waals surface area (Å²) >= 11 is 0. The molecule has 0 saturated heterocycles. The smallest absolute Gasteiger partial charge is 0.178 e. The SMILES string of the molecule is CCNC(CO)c1ccc(S(=O)(=O)CC)cc1. The van der Waals surface area contributed by atoms with Crippen LogP contribution >= 0.6 is 0 Å². The first kappa shape index (κ1) is 14.2. The third-order valence-electron chi connectivity index (χ3n) is 2.65. The molecule has 0 bridgehead atoms. The van der Waals surface area contributed by atoms with E-state index in [4.69, 9.17) is 0 Å². The van der Waals surface area contributed by atoms with Crippen molar-refractivity contribution in [2.75, 3.05) is 18.9 Å². The van der Waals surface area contributed by atoms with Gasteiger partial charge in [-0.3, -0.25) is 0 Å². The molecule has 0 saturated carbocycles. The van der Waals surface area contributed by atoms with Crippen LogP contribution in [0.25, 0.3) is 0 Å². The van der Waals surface area contributed by atoms with Gasteiger partial charge in [0, 0.05) is 0 Å². The highest BCUT2D eigenvalue weighted by Crippen LogP contribution is 2.17. The Kier molecular flexibility index (Phi) is 5.11. The summed E-state index contributed by atoms with van der Waals surface area (Å²) in [4.78, 5) is 0.330. The minimum atomic E-state index is -3.14. The van der Waals surface area contributed by atoms with E-state index in [1.54, 1.807) is 31.2 Å². The molecule has 0 radical (unpaired) electrons. The minimum Gasteiger partial charge on any atom is -0.394 e. The number of hydrogen-bond donors (Lipinski definition) is 2. The van der Waals surface area contributed by atoms with Gasteiger partial charge in [0.05, 0.1) is 23.3 Å². The molecular formula is C12H19NO3S. The third-order valence-corrected chi connectivity index (χ3v) is 4.41. The second-order valence-corrected chi connectivity index (χ2v) is 6.04. The standard InChI is InChI=1S/C12H19NO3S/c1-3-13-12(9-14)10-5-7-11(8-6-10)17(15,16)4-2/h5-8,12-14H,3-4,9H2,1-2H3. The number of aliphatic hydroxyl groups is 1. The van der Waals surface area contributed by atoms with Crippen molar-refractivity contribution >= 4 is 9.84 Å². The fourth-order valence-electron chi connectivity index (χ4n) is 1.61. The molecule has 5 heteroatoms. The molecule has 1 atom stereocenters. The molecule has 1 aromatic carbocycles. The van der Waals surface area contributed by atoms with E-state index in [9.17, 15) is 13.5 Å². The van der Waals surface area contributed by atoms with Crippen LogP contribution in [-0.4, -0.2) is 32.4 Å². The van der Waals surface area contributed by atoms with Crippen LogP contribution in [0.2, 0.25) is 0 Å². The Morgan fingerprint density at radius 2 is 1.82 bits per heavy atom. The van der Waals surface area contributed by atoms with Crippen molar-refractivity contribution in [3.8, 4) is 0 Å². The Bertz CT molecular complexity index is 439. The second kappa shape index (κ2) is 6.14.